The highest BCUT2D eigenvalue weighted by Gasteiger charge is 2.18. The molecule has 0 amide bonds. The van der Waals surface area contributed by atoms with Crippen LogP contribution in [-0.4, -0.2) is 34.1 Å². The van der Waals surface area contributed by atoms with E-state index in [4.69, 9.17) is 11.6 Å². The number of aromatic amines is 1. The molecular weight excluding hydrogens is 494 g/mol. The van der Waals surface area contributed by atoms with Crippen LogP contribution in [0.4, 0.5) is 17.3 Å². The number of carbonyl (C=O) groups is 1. The minimum atomic E-state index is -3.91. The number of carbonyl (C=O) groups excluding carboxylic acids is 1. The van der Waals surface area contributed by atoms with E-state index in [0.29, 0.717) is 22.1 Å². The van der Waals surface area contributed by atoms with Gasteiger partial charge in [0.05, 0.1) is 16.3 Å². The molecule has 11 nitrogen and oxygen atoms in total. The quantitative estimate of drug-likeness (QED) is 0.371. The molecule has 0 aliphatic rings. The van der Waals surface area contributed by atoms with Crippen molar-refractivity contribution in [2.45, 2.75) is 18.7 Å². The summed E-state index contributed by atoms with van der Waals surface area (Å²) in [6.07, 6.45) is 1.45. The van der Waals surface area contributed by atoms with E-state index < -0.39 is 21.5 Å². The summed E-state index contributed by atoms with van der Waals surface area (Å²) in [7, 11) is -3.91. The third kappa shape index (κ3) is 5.34. The van der Waals surface area contributed by atoms with Crippen molar-refractivity contribution in [1.29, 1.82) is 0 Å². The first-order valence-electron chi connectivity index (χ1n) is 10.1. The molecule has 0 fully saturated rings. The fraction of sp³-hybridized carbons (Fsp3) is 0.0909. The highest BCUT2D eigenvalue weighted by Crippen LogP contribution is 2.21. The SMILES string of the molecule is Cc1ccnc(NS(=O)(=O)c2ccc(N=Nc3c(C)[nH]n(C(=O)c4ccc(Cl)cc4)c3=O)cc2)n1. The maximum atomic E-state index is 12.7. The van der Waals surface area contributed by atoms with Gasteiger partial charge in [0.2, 0.25) is 5.95 Å². The summed E-state index contributed by atoms with van der Waals surface area (Å²) in [6, 6.07) is 13.3. The second-order valence-corrected chi connectivity index (χ2v) is 9.48. The van der Waals surface area contributed by atoms with Gasteiger partial charge in [-0.2, -0.15) is 9.80 Å². The fourth-order valence-electron chi connectivity index (χ4n) is 3.00. The van der Waals surface area contributed by atoms with Crippen molar-refractivity contribution in [3.8, 4) is 0 Å². The lowest BCUT2D eigenvalue weighted by molar-refractivity contribution is 0.0941. The maximum Gasteiger partial charge on any atom is 0.302 e. The zero-order valence-corrected chi connectivity index (χ0v) is 20.0. The molecule has 178 valence electrons. The molecule has 35 heavy (non-hydrogen) atoms. The third-order valence-electron chi connectivity index (χ3n) is 4.77. The minimum Gasteiger partial charge on any atom is -0.290 e. The lowest BCUT2D eigenvalue weighted by Crippen LogP contribution is -2.25. The molecule has 0 spiro atoms. The highest BCUT2D eigenvalue weighted by atomic mass is 35.5. The number of sulfonamides is 1. The van der Waals surface area contributed by atoms with Gasteiger partial charge in [0.1, 0.15) is 0 Å². The Morgan fingerprint density at radius 2 is 1.71 bits per heavy atom. The van der Waals surface area contributed by atoms with Gasteiger partial charge in [0.15, 0.2) is 5.69 Å². The van der Waals surface area contributed by atoms with E-state index in [9.17, 15) is 18.0 Å². The molecule has 13 heteroatoms. The first-order chi connectivity index (χ1) is 16.6. The average molecular weight is 512 g/mol. The van der Waals surface area contributed by atoms with Gasteiger partial charge in [-0.05, 0) is 68.4 Å². The van der Waals surface area contributed by atoms with E-state index in [2.05, 4.69) is 30.0 Å². The molecule has 2 aromatic carbocycles. The molecule has 0 saturated carbocycles. The lowest BCUT2D eigenvalue weighted by atomic mass is 10.2. The zero-order valence-electron chi connectivity index (χ0n) is 18.4. The van der Waals surface area contributed by atoms with Gasteiger partial charge >= 0.3 is 5.56 Å². The van der Waals surface area contributed by atoms with E-state index in [1.54, 1.807) is 32.0 Å². The summed E-state index contributed by atoms with van der Waals surface area (Å²) in [5, 5.41) is 11.1. The molecule has 2 N–H and O–H groups in total. The van der Waals surface area contributed by atoms with Crippen molar-refractivity contribution in [1.82, 2.24) is 19.7 Å². The monoisotopic (exact) mass is 511 g/mol. The van der Waals surface area contributed by atoms with Gasteiger partial charge in [-0.3, -0.25) is 14.7 Å². The number of aryl methyl sites for hydroxylation is 2. The Kier molecular flexibility index (Phi) is 6.58. The van der Waals surface area contributed by atoms with Crippen LogP contribution in [0.3, 0.4) is 0 Å². The summed E-state index contributed by atoms with van der Waals surface area (Å²) in [5.74, 6) is -0.614. The normalized spacial score (nSPS) is 11.6. The summed E-state index contributed by atoms with van der Waals surface area (Å²) in [6.45, 7) is 3.30. The van der Waals surface area contributed by atoms with Gasteiger partial charge < -0.3 is 0 Å². The molecule has 2 heterocycles. The fourth-order valence-corrected chi connectivity index (χ4v) is 4.07. The number of anilines is 1. The van der Waals surface area contributed by atoms with Gasteiger partial charge in [-0.15, -0.1) is 5.11 Å². The smallest absolute Gasteiger partial charge is 0.290 e. The van der Waals surface area contributed by atoms with E-state index >= 15 is 0 Å². The van der Waals surface area contributed by atoms with E-state index in [-0.39, 0.29) is 22.1 Å². The van der Waals surface area contributed by atoms with E-state index in [1.807, 2.05) is 0 Å². The first-order valence-corrected chi connectivity index (χ1v) is 12.0. The molecule has 2 aromatic heterocycles. The van der Waals surface area contributed by atoms with Crippen molar-refractivity contribution in [2.75, 3.05) is 4.72 Å². The Hall–Kier alpha value is -4.16. The number of hydrogen-bond donors (Lipinski definition) is 2. The molecule has 0 aliphatic carbocycles. The third-order valence-corrected chi connectivity index (χ3v) is 6.36. The van der Waals surface area contributed by atoms with Crippen LogP contribution in [0.1, 0.15) is 21.7 Å². The minimum absolute atomic E-state index is 0.0321. The van der Waals surface area contributed by atoms with Crippen LogP contribution in [0.5, 0.6) is 0 Å². The van der Waals surface area contributed by atoms with Gasteiger partial charge in [-0.25, -0.2) is 23.1 Å². The second kappa shape index (κ2) is 9.60. The highest BCUT2D eigenvalue weighted by molar-refractivity contribution is 7.92. The van der Waals surface area contributed by atoms with Crippen molar-refractivity contribution in [3.63, 3.8) is 0 Å². The van der Waals surface area contributed by atoms with Crippen molar-refractivity contribution in [3.05, 3.63) is 93.1 Å². The van der Waals surface area contributed by atoms with Crippen molar-refractivity contribution < 1.29 is 13.2 Å². The predicted molar refractivity (Wildman–Crippen MR) is 129 cm³/mol. The van der Waals surface area contributed by atoms with Crippen LogP contribution in [0.25, 0.3) is 0 Å². The Balaban J connectivity index is 1.53. The standard InChI is InChI=1S/C22H18ClN7O4S/c1-13-11-12-24-22(25-13)29-35(33,34)18-9-7-17(8-10-18)26-27-19-14(2)28-30(21(19)32)20(31)15-3-5-16(23)6-4-15/h3-12,28H,1-2H3,(H,24,25,29). The number of aromatic nitrogens is 4. The number of nitrogens with zero attached hydrogens (tertiary/aromatic N) is 5. The molecule has 0 atom stereocenters. The van der Waals surface area contributed by atoms with Crippen molar-refractivity contribution in [2.24, 2.45) is 10.2 Å². The molecule has 4 rings (SSSR count). The molecular formula is C22H18ClN7O4S. The first kappa shape index (κ1) is 24.0. The van der Waals surface area contributed by atoms with E-state index in [1.165, 1.54) is 42.6 Å². The summed E-state index contributed by atoms with van der Waals surface area (Å²) < 4.78 is 28.3. The van der Waals surface area contributed by atoms with Crippen LogP contribution in [-0.2, 0) is 10.0 Å². The van der Waals surface area contributed by atoms with Gasteiger partial charge in [0, 0.05) is 22.5 Å². The van der Waals surface area contributed by atoms with Gasteiger partial charge in [-0.1, -0.05) is 11.6 Å². The van der Waals surface area contributed by atoms with Crippen molar-refractivity contribution >= 4 is 44.9 Å². The number of halogens is 1. The number of H-pyrrole nitrogens is 1. The number of azo groups is 1. The van der Waals surface area contributed by atoms with Crippen LogP contribution in [0.15, 0.2) is 80.7 Å². The average Bonchev–Trinajstić information content (AvgIpc) is 3.11. The lowest BCUT2D eigenvalue weighted by Gasteiger charge is -2.06. The number of rotatable bonds is 6. The summed E-state index contributed by atoms with van der Waals surface area (Å²) in [4.78, 5) is 33.2. The predicted octanol–water partition coefficient (Wildman–Crippen LogP) is 4.14. The van der Waals surface area contributed by atoms with Crippen LogP contribution in [0.2, 0.25) is 5.02 Å². The summed E-state index contributed by atoms with van der Waals surface area (Å²) in [5.41, 5.74) is 0.786. The second-order valence-electron chi connectivity index (χ2n) is 7.36. The number of benzene rings is 2. The molecule has 0 unspecified atom stereocenters. The van der Waals surface area contributed by atoms with Crippen LogP contribution < -0.4 is 10.3 Å². The molecule has 0 aliphatic heterocycles. The molecule has 4 aromatic rings. The Labute approximate surface area is 204 Å². The Bertz CT molecular complexity index is 1590. The largest absolute Gasteiger partial charge is 0.302 e. The zero-order chi connectivity index (χ0) is 25.2. The molecule has 0 bridgehead atoms. The van der Waals surface area contributed by atoms with Crippen LogP contribution in [0, 0.1) is 13.8 Å². The Morgan fingerprint density at radius 1 is 1.03 bits per heavy atom. The summed E-state index contributed by atoms with van der Waals surface area (Å²) >= 11 is 5.84. The van der Waals surface area contributed by atoms with E-state index in [0.717, 1.165) is 4.68 Å². The van der Waals surface area contributed by atoms with Crippen LogP contribution >= 0.6 is 11.6 Å². The maximum absolute atomic E-state index is 12.7. The topological polar surface area (TPSA) is 152 Å². The molecule has 0 saturated heterocycles. The van der Waals surface area contributed by atoms with Gasteiger partial charge in [0.25, 0.3) is 15.9 Å². The Morgan fingerprint density at radius 3 is 2.37 bits per heavy atom. The molecule has 0 radical (unpaired) electrons. The number of nitrogens with one attached hydrogen (secondary N) is 2. The number of hydrogen-bond acceptors (Lipinski definition) is 8.